The van der Waals surface area contributed by atoms with E-state index in [1.807, 2.05) is 48.4 Å². The summed E-state index contributed by atoms with van der Waals surface area (Å²) in [6, 6.07) is 9.30. The molecule has 7 nitrogen and oxygen atoms in total. The molecule has 30 heavy (non-hydrogen) atoms. The highest BCUT2D eigenvalue weighted by Gasteiger charge is 2.28. The quantitative estimate of drug-likeness (QED) is 0.672. The number of hydrogen-bond donors (Lipinski definition) is 1. The van der Waals surface area contributed by atoms with Crippen molar-refractivity contribution in [2.75, 3.05) is 25.0 Å². The number of amides is 2. The Kier molecular flexibility index (Phi) is 6.06. The minimum atomic E-state index is -0.370. The number of nitrogens with zero attached hydrogens (tertiary/aromatic N) is 3. The molecule has 1 aliphatic heterocycles. The molecule has 2 amide bonds. The standard InChI is InChI=1S/C22H24N4O3S/c1-14(2)11-20(27)26-8-9-29-19(13-26)18-12-16(15-5-3-4-6-17(15)24-18)21(28)25-22-23-7-10-30-22/h3-7,10,12,14,19H,8-9,11,13H2,1-2H3,(H,23,25,28)/t19-/m1/s1. The van der Waals surface area contributed by atoms with Crippen LogP contribution in [0, 0.1) is 5.92 Å². The number of carbonyl (C=O) groups is 2. The Labute approximate surface area is 179 Å². The first-order chi connectivity index (χ1) is 14.5. The van der Waals surface area contributed by atoms with Crippen LogP contribution in [0.15, 0.2) is 41.9 Å². The van der Waals surface area contributed by atoms with Crippen molar-refractivity contribution in [3.63, 3.8) is 0 Å². The number of morpholine rings is 1. The predicted octanol–water partition coefficient (Wildman–Crippen LogP) is 3.89. The number of fused-ring (bicyclic) bond motifs is 1. The van der Waals surface area contributed by atoms with Crippen LogP contribution in [0.2, 0.25) is 0 Å². The molecule has 156 valence electrons. The van der Waals surface area contributed by atoms with Crippen molar-refractivity contribution in [2.24, 2.45) is 5.92 Å². The summed E-state index contributed by atoms with van der Waals surface area (Å²) >= 11 is 1.36. The molecular formula is C22H24N4O3S. The molecule has 0 unspecified atom stereocenters. The Morgan fingerprint density at radius 3 is 2.93 bits per heavy atom. The van der Waals surface area contributed by atoms with Crippen LogP contribution in [0.3, 0.4) is 0 Å². The summed E-state index contributed by atoms with van der Waals surface area (Å²) in [5.41, 5.74) is 1.88. The molecule has 1 aliphatic rings. The highest BCUT2D eigenvalue weighted by molar-refractivity contribution is 7.13. The van der Waals surface area contributed by atoms with Gasteiger partial charge in [0.1, 0.15) is 6.10 Å². The maximum absolute atomic E-state index is 13.0. The Bertz CT molecular complexity index is 1050. The molecule has 2 aromatic heterocycles. The van der Waals surface area contributed by atoms with Gasteiger partial charge in [-0.05, 0) is 18.1 Å². The molecule has 3 heterocycles. The molecule has 0 bridgehead atoms. The second kappa shape index (κ2) is 8.89. The number of hydrogen-bond acceptors (Lipinski definition) is 6. The average molecular weight is 425 g/mol. The molecule has 1 atom stereocenters. The lowest BCUT2D eigenvalue weighted by Crippen LogP contribution is -2.42. The van der Waals surface area contributed by atoms with Crippen molar-refractivity contribution >= 4 is 39.2 Å². The highest BCUT2D eigenvalue weighted by atomic mass is 32.1. The van der Waals surface area contributed by atoms with Crippen LogP contribution in [0.5, 0.6) is 0 Å². The number of rotatable bonds is 5. The van der Waals surface area contributed by atoms with E-state index >= 15 is 0 Å². The summed E-state index contributed by atoms with van der Waals surface area (Å²) in [5, 5.41) is 5.96. The van der Waals surface area contributed by atoms with Gasteiger partial charge in [0, 0.05) is 29.9 Å². The van der Waals surface area contributed by atoms with Gasteiger partial charge in [-0.3, -0.25) is 14.9 Å². The van der Waals surface area contributed by atoms with Crippen LogP contribution < -0.4 is 5.32 Å². The van der Waals surface area contributed by atoms with Gasteiger partial charge in [-0.25, -0.2) is 9.97 Å². The number of carbonyl (C=O) groups excluding carboxylic acids is 2. The van der Waals surface area contributed by atoms with Crippen molar-refractivity contribution in [1.82, 2.24) is 14.9 Å². The third kappa shape index (κ3) is 4.49. The molecule has 1 N–H and O–H groups in total. The number of nitrogens with one attached hydrogen (secondary N) is 1. The van der Waals surface area contributed by atoms with Gasteiger partial charge in [0.2, 0.25) is 5.91 Å². The summed E-state index contributed by atoms with van der Waals surface area (Å²) in [6.07, 6.45) is 1.79. The van der Waals surface area contributed by atoms with E-state index in [2.05, 4.69) is 10.3 Å². The van der Waals surface area contributed by atoms with Crippen molar-refractivity contribution in [1.29, 1.82) is 0 Å². The van der Waals surface area contributed by atoms with Crippen molar-refractivity contribution in [2.45, 2.75) is 26.4 Å². The fourth-order valence-electron chi connectivity index (χ4n) is 3.53. The summed E-state index contributed by atoms with van der Waals surface area (Å²) < 4.78 is 5.94. The number of ether oxygens (including phenoxy) is 1. The molecule has 1 aromatic carbocycles. The Balaban J connectivity index is 1.64. The van der Waals surface area contributed by atoms with E-state index in [0.717, 1.165) is 5.39 Å². The first kappa shape index (κ1) is 20.4. The Hall–Kier alpha value is -2.84. The fourth-order valence-corrected chi connectivity index (χ4v) is 4.06. The van der Waals surface area contributed by atoms with Crippen LogP contribution >= 0.6 is 11.3 Å². The topological polar surface area (TPSA) is 84.4 Å². The molecule has 1 fully saturated rings. The zero-order valence-corrected chi connectivity index (χ0v) is 17.8. The minimum Gasteiger partial charge on any atom is -0.368 e. The zero-order valence-electron chi connectivity index (χ0n) is 17.0. The fraction of sp³-hybridized carbons (Fsp3) is 0.364. The van der Waals surface area contributed by atoms with E-state index in [9.17, 15) is 9.59 Å². The third-order valence-electron chi connectivity index (χ3n) is 4.97. The van der Waals surface area contributed by atoms with Gasteiger partial charge < -0.3 is 9.64 Å². The van der Waals surface area contributed by atoms with Gasteiger partial charge >= 0.3 is 0 Å². The van der Waals surface area contributed by atoms with Crippen LogP contribution in [0.4, 0.5) is 5.13 Å². The van der Waals surface area contributed by atoms with Crippen LogP contribution in [-0.4, -0.2) is 46.4 Å². The van der Waals surface area contributed by atoms with Crippen molar-refractivity contribution in [3.8, 4) is 0 Å². The van der Waals surface area contributed by atoms with Gasteiger partial charge in [0.25, 0.3) is 5.91 Å². The van der Waals surface area contributed by atoms with Gasteiger partial charge in [0.15, 0.2) is 5.13 Å². The highest BCUT2D eigenvalue weighted by Crippen LogP contribution is 2.27. The zero-order chi connectivity index (χ0) is 21.1. The van der Waals surface area contributed by atoms with E-state index in [1.165, 1.54) is 11.3 Å². The number of pyridine rings is 1. The summed E-state index contributed by atoms with van der Waals surface area (Å²) in [7, 11) is 0. The first-order valence-corrected chi connectivity index (χ1v) is 10.9. The normalized spacial score (nSPS) is 16.8. The third-order valence-corrected chi connectivity index (χ3v) is 5.65. The van der Waals surface area contributed by atoms with Gasteiger partial charge in [-0.15, -0.1) is 11.3 Å². The number of aromatic nitrogens is 2. The SMILES string of the molecule is CC(C)CC(=O)N1CCO[C@@H](c2cc(C(=O)Nc3nccs3)c3ccccc3n2)C1. The number of thiazole rings is 1. The lowest BCUT2D eigenvalue weighted by molar-refractivity contribution is -0.139. The summed E-state index contributed by atoms with van der Waals surface area (Å²) in [5.74, 6) is 0.188. The number of para-hydroxylation sites is 1. The second-order valence-corrected chi connectivity index (χ2v) is 8.59. The van der Waals surface area contributed by atoms with Crippen molar-refractivity contribution in [3.05, 3.63) is 53.2 Å². The van der Waals surface area contributed by atoms with E-state index in [0.29, 0.717) is 53.9 Å². The average Bonchev–Trinajstić information content (AvgIpc) is 3.25. The van der Waals surface area contributed by atoms with Crippen LogP contribution in [-0.2, 0) is 9.53 Å². The lowest BCUT2D eigenvalue weighted by atomic mass is 10.0. The first-order valence-electron chi connectivity index (χ1n) is 10.0. The molecule has 0 saturated carbocycles. The van der Waals surface area contributed by atoms with E-state index < -0.39 is 0 Å². The molecule has 4 rings (SSSR count). The van der Waals surface area contributed by atoms with Crippen LogP contribution in [0.25, 0.3) is 10.9 Å². The molecule has 3 aromatic rings. The lowest BCUT2D eigenvalue weighted by Gasteiger charge is -2.33. The van der Waals surface area contributed by atoms with E-state index in [4.69, 9.17) is 9.72 Å². The molecular weight excluding hydrogens is 400 g/mol. The summed E-state index contributed by atoms with van der Waals surface area (Å²) in [6.45, 7) is 5.53. The minimum absolute atomic E-state index is 0.126. The monoisotopic (exact) mass is 424 g/mol. The predicted molar refractivity (Wildman–Crippen MR) is 117 cm³/mol. The van der Waals surface area contributed by atoms with E-state index in [-0.39, 0.29) is 17.9 Å². The Morgan fingerprint density at radius 1 is 1.33 bits per heavy atom. The Morgan fingerprint density at radius 2 is 2.17 bits per heavy atom. The van der Waals surface area contributed by atoms with Gasteiger partial charge in [-0.2, -0.15) is 0 Å². The molecule has 0 spiro atoms. The number of anilines is 1. The molecule has 1 saturated heterocycles. The van der Waals surface area contributed by atoms with Gasteiger partial charge in [0.05, 0.1) is 29.9 Å². The maximum atomic E-state index is 13.0. The molecule has 0 radical (unpaired) electrons. The molecule has 0 aliphatic carbocycles. The van der Waals surface area contributed by atoms with E-state index in [1.54, 1.807) is 12.3 Å². The summed E-state index contributed by atoms with van der Waals surface area (Å²) in [4.78, 5) is 36.2. The maximum Gasteiger partial charge on any atom is 0.258 e. The van der Waals surface area contributed by atoms with Crippen molar-refractivity contribution < 1.29 is 14.3 Å². The smallest absolute Gasteiger partial charge is 0.258 e. The largest absolute Gasteiger partial charge is 0.368 e. The number of benzene rings is 1. The van der Waals surface area contributed by atoms with Gasteiger partial charge in [-0.1, -0.05) is 32.0 Å². The van der Waals surface area contributed by atoms with Crippen LogP contribution in [0.1, 0.15) is 42.4 Å². The molecule has 8 heteroatoms. The second-order valence-electron chi connectivity index (χ2n) is 7.70.